The van der Waals surface area contributed by atoms with Crippen molar-refractivity contribution >= 4 is 23.3 Å². The van der Waals surface area contributed by atoms with Crippen molar-refractivity contribution in [3.05, 3.63) is 52.2 Å². The topological polar surface area (TPSA) is 119 Å². The minimum absolute atomic E-state index is 0.0207. The first-order valence-electron chi connectivity index (χ1n) is 5.17. The lowest BCUT2D eigenvalue weighted by Crippen LogP contribution is -2.13. The van der Waals surface area contributed by atoms with Gasteiger partial charge in [-0.3, -0.25) is 15.5 Å². The summed E-state index contributed by atoms with van der Waals surface area (Å²) in [5, 5.41) is 26.3. The van der Waals surface area contributed by atoms with Gasteiger partial charge in [-0.25, -0.2) is 0 Å². The van der Waals surface area contributed by atoms with E-state index in [9.17, 15) is 10.1 Å². The van der Waals surface area contributed by atoms with E-state index < -0.39 is 4.92 Å². The van der Waals surface area contributed by atoms with E-state index in [0.717, 1.165) is 11.8 Å². The minimum atomic E-state index is -0.466. The summed E-state index contributed by atoms with van der Waals surface area (Å²) >= 11 is 1.06. The SMILES string of the molecule is N=C(N)c1ccnnc1Sc1ccccc1[N+](=O)[O-]. The molecule has 0 bridgehead atoms. The highest BCUT2D eigenvalue weighted by Gasteiger charge is 2.16. The smallest absolute Gasteiger partial charge is 0.283 e. The quantitative estimate of drug-likeness (QED) is 0.380. The molecule has 2 aromatic rings. The lowest BCUT2D eigenvalue weighted by Gasteiger charge is -2.05. The molecule has 0 saturated carbocycles. The van der Waals surface area contributed by atoms with Gasteiger partial charge >= 0.3 is 0 Å². The van der Waals surface area contributed by atoms with E-state index in [1.807, 2.05) is 0 Å². The molecule has 1 aromatic heterocycles. The zero-order chi connectivity index (χ0) is 13.8. The van der Waals surface area contributed by atoms with E-state index in [-0.39, 0.29) is 11.5 Å². The van der Waals surface area contributed by atoms with Crippen LogP contribution in [0.25, 0.3) is 0 Å². The Morgan fingerprint density at radius 1 is 1.37 bits per heavy atom. The second-order valence-electron chi connectivity index (χ2n) is 3.49. The molecule has 1 aromatic carbocycles. The van der Waals surface area contributed by atoms with E-state index in [2.05, 4.69) is 10.2 Å². The minimum Gasteiger partial charge on any atom is -0.384 e. The lowest BCUT2D eigenvalue weighted by molar-refractivity contribution is -0.387. The maximum atomic E-state index is 10.9. The molecule has 8 heteroatoms. The zero-order valence-corrected chi connectivity index (χ0v) is 10.4. The van der Waals surface area contributed by atoms with Crippen molar-refractivity contribution in [2.45, 2.75) is 9.92 Å². The number of hydrogen-bond donors (Lipinski definition) is 2. The van der Waals surface area contributed by atoms with Gasteiger partial charge in [0.05, 0.1) is 21.6 Å². The van der Waals surface area contributed by atoms with Crippen LogP contribution in [-0.2, 0) is 0 Å². The molecule has 7 nitrogen and oxygen atoms in total. The number of nitro benzene ring substituents is 1. The molecule has 2 rings (SSSR count). The molecule has 0 fully saturated rings. The van der Waals surface area contributed by atoms with Gasteiger partial charge in [0, 0.05) is 6.07 Å². The Morgan fingerprint density at radius 2 is 2.11 bits per heavy atom. The summed E-state index contributed by atoms with van der Waals surface area (Å²) in [6.07, 6.45) is 1.42. The molecule has 0 radical (unpaired) electrons. The molecular formula is C11H9N5O2S. The maximum Gasteiger partial charge on any atom is 0.283 e. The van der Waals surface area contributed by atoms with Gasteiger partial charge in [-0.05, 0) is 12.1 Å². The van der Waals surface area contributed by atoms with Crippen molar-refractivity contribution in [2.75, 3.05) is 0 Å². The summed E-state index contributed by atoms with van der Waals surface area (Å²) in [5.41, 5.74) is 5.81. The number of rotatable bonds is 4. The fourth-order valence-corrected chi connectivity index (χ4v) is 2.38. The van der Waals surface area contributed by atoms with Crippen LogP contribution in [0.5, 0.6) is 0 Å². The average Bonchev–Trinajstić information content (AvgIpc) is 2.39. The molecule has 0 unspecified atom stereocenters. The second kappa shape index (κ2) is 5.44. The van der Waals surface area contributed by atoms with Crippen LogP contribution in [0, 0.1) is 15.5 Å². The van der Waals surface area contributed by atoms with E-state index in [1.54, 1.807) is 24.3 Å². The van der Waals surface area contributed by atoms with Crippen LogP contribution in [0.2, 0.25) is 0 Å². The molecule has 0 atom stereocenters. The number of nitrogens with two attached hydrogens (primary N) is 1. The van der Waals surface area contributed by atoms with Crippen LogP contribution in [0.15, 0.2) is 46.5 Å². The van der Waals surface area contributed by atoms with Gasteiger partial charge < -0.3 is 5.73 Å². The van der Waals surface area contributed by atoms with Gasteiger partial charge in [0.25, 0.3) is 5.69 Å². The van der Waals surface area contributed by atoms with Gasteiger partial charge in [0.15, 0.2) is 0 Å². The third kappa shape index (κ3) is 2.86. The monoisotopic (exact) mass is 275 g/mol. The summed E-state index contributed by atoms with van der Waals surface area (Å²) in [4.78, 5) is 10.9. The Balaban J connectivity index is 2.42. The Kier molecular flexibility index (Phi) is 3.71. The van der Waals surface area contributed by atoms with E-state index in [0.29, 0.717) is 15.5 Å². The standard InChI is InChI=1S/C11H9N5O2S/c12-10(13)7-5-6-14-15-11(7)19-9-4-2-1-3-8(9)16(17)18/h1-6H,(H3,12,13). The van der Waals surface area contributed by atoms with E-state index in [4.69, 9.17) is 11.1 Å². The highest BCUT2D eigenvalue weighted by atomic mass is 32.2. The summed E-state index contributed by atoms with van der Waals surface area (Å²) < 4.78 is 0. The number of aromatic nitrogens is 2. The number of hydrogen-bond acceptors (Lipinski definition) is 6. The van der Waals surface area contributed by atoms with Crippen molar-refractivity contribution < 1.29 is 4.92 Å². The van der Waals surface area contributed by atoms with Gasteiger partial charge in [0.1, 0.15) is 10.9 Å². The normalized spacial score (nSPS) is 10.1. The lowest BCUT2D eigenvalue weighted by atomic mass is 10.3. The third-order valence-electron chi connectivity index (χ3n) is 2.25. The first kappa shape index (κ1) is 13.0. The molecule has 0 aliphatic rings. The Morgan fingerprint density at radius 3 is 2.79 bits per heavy atom. The number of benzene rings is 1. The molecule has 0 aliphatic carbocycles. The molecule has 3 N–H and O–H groups in total. The Bertz CT molecular complexity index is 591. The van der Waals surface area contributed by atoms with Gasteiger partial charge in [-0.15, -0.1) is 5.10 Å². The number of nitrogen functional groups attached to an aromatic ring is 1. The van der Waals surface area contributed by atoms with Crippen LogP contribution < -0.4 is 5.73 Å². The van der Waals surface area contributed by atoms with Crippen LogP contribution in [0.1, 0.15) is 5.56 Å². The predicted octanol–water partition coefficient (Wildman–Crippen LogP) is 1.82. The Labute approximate surface area is 112 Å². The summed E-state index contributed by atoms with van der Waals surface area (Å²) in [5.74, 6) is -0.156. The first-order valence-corrected chi connectivity index (χ1v) is 5.98. The molecule has 0 amide bonds. The highest BCUT2D eigenvalue weighted by molar-refractivity contribution is 7.99. The van der Waals surface area contributed by atoms with Crippen LogP contribution in [0.3, 0.4) is 0 Å². The van der Waals surface area contributed by atoms with Crippen molar-refractivity contribution in [1.29, 1.82) is 5.41 Å². The number of nitrogens with zero attached hydrogens (tertiary/aromatic N) is 3. The van der Waals surface area contributed by atoms with Gasteiger partial charge in [-0.1, -0.05) is 23.9 Å². The summed E-state index contributed by atoms with van der Waals surface area (Å²) in [7, 11) is 0. The van der Waals surface area contributed by atoms with Crippen LogP contribution >= 0.6 is 11.8 Å². The highest BCUT2D eigenvalue weighted by Crippen LogP contribution is 2.34. The van der Waals surface area contributed by atoms with Crippen molar-refractivity contribution in [2.24, 2.45) is 5.73 Å². The summed E-state index contributed by atoms with van der Waals surface area (Å²) in [6.45, 7) is 0. The molecule has 0 saturated heterocycles. The number of nitrogens with one attached hydrogen (secondary N) is 1. The number of amidine groups is 1. The fraction of sp³-hybridized carbons (Fsp3) is 0. The van der Waals surface area contributed by atoms with Crippen molar-refractivity contribution in [1.82, 2.24) is 10.2 Å². The molecule has 1 heterocycles. The van der Waals surface area contributed by atoms with Crippen molar-refractivity contribution in [3.8, 4) is 0 Å². The molecule has 0 spiro atoms. The van der Waals surface area contributed by atoms with Crippen LogP contribution in [0.4, 0.5) is 5.69 Å². The maximum absolute atomic E-state index is 10.9. The molecule has 96 valence electrons. The van der Waals surface area contributed by atoms with E-state index in [1.165, 1.54) is 12.3 Å². The predicted molar refractivity (Wildman–Crippen MR) is 70.3 cm³/mol. The first-order chi connectivity index (χ1) is 9.09. The average molecular weight is 275 g/mol. The fourth-order valence-electron chi connectivity index (χ4n) is 1.40. The van der Waals surface area contributed by atoms with Gasteiger partial charge in [0.2, 0.25) is 0 Å². The van der Waals surface area contributed by atoms with Gasteiger partial charge in [-0.2, -0.15) is 5.10 Å². The van der Waals surface area contributed by atoms with Crippen LogP contribution in [-0.4, -0.2) is 21.0 Å². The molecule has 19 heavy (non-hydrogen) atoms. The Hall–Kier alpha value is -2.48. The summed E-state index contributed by atoms with van der Waals surface area (Å²) in [6, 6.07) is 7.85. The third-order valence-corrected chi connectivity index (χ3v) is 3.31. The second-order valence-corrected chi connectivity index (χ2v) is 4.52. The number of para-hydroxylation sites is 1. The zero-order valence-electron chi connectivity index (χ0n) is 9.61. The largest absolute Gasteiger partial charge is 0.384 e. The molecular weight excluding hydrogens is 266 g/mol. The van der Waals surface area contributed by atoms with Crippen molar-refractivity contribution in [3.63, 3.8) is 0 Å². The van der Waals surface area contributed by atoms with E-state index >= 15 is 0 Å². The molecule has 0 aliphatic heterocycles. The number of nitro groups is 1.